The van der Waals surface area contributed by atoms with Gasteiger partial charge in [-0.1, -0.05) is 11.6 Å². The summed E-state index contributed by atoms with van der Waals surface area (Å²) in [6.45, 7) is 0.817. The molecule has 138 valence electrons. The summed E-state index contributed by atoms with van der Waals surface area (Å²) in [5.41, 5.74) is 2.54. The lowest BCUT2D eigenvalue weighted by atomic mass is 10.1. The van der Waals surface area contributed by atoms with Crippen LogP contribution in [0.5, 0.6) is 0 Å². The maximum Gasteiger partial charge on any atom is 0.341 e. The van der Waals surface area contributed by atoms with Crippen LogP contribution in [0.25, 0.3) is 0 Å². The van der Waals surface area contributed by atoms with E-state index in [0.29, 0.717) is 27.6 Å². The molecular weight excluding hydrogens is 376 g/mol. The van der Waals surface area contributed by atoms with Crippen LogP contribution in [0.4, 0.5) is 0 Å². The molecule has 1 aromatic heterocycles. The highest BCUT2D eigenvalue weighted by Crippen LogP contribution is 2.30. The zero-order valence-corrected chi connectivity index (χ0v) is 16.2. The number of carbonyl (C=O) groups excluding carboxylic acids is 2. The lowest BCUT2D eigenvalue weighted by Gasteiger charge is -2.13. The van der Waals surface area contributed by atoms with Gasteiger partial charge in [-0.25, -0.2) is 9.59 Å². The molecule has 0 unspecified atom stereocenters. The first-order valence-electron chi connectivity index (χ1n) is 8.22. The Morgan fingerprint density at radius 2 is 2.00 bits per heavy atom. The van der Waals surface area contributed by atoms with Gasteiger partial charge in [0.15, 0.2) is 0 Å². The Labute approximate surface area is 160 Å². The molecule has 0 atom stereocenters. The van der Waals surface area contributed by atoms with Crippen molar-refractivity contribution in [1.29, 1.82) is 0 Å². The number of aromatic nitrogens is 2. The second-order valence-corrected chi connectivity index (χ2v) is 7.32. The summed E-state index contributed by atoms with van der Waals surface area (Å²) in [5.74, 6) is -0.340. The molecule has 0 N–H and O–H groups in total. The Morgan fingerprint density at radius 1 is 1.23 bits per heavy atom. The smallest absolute Gasteiger partial charge is 0.341 e. The molecule has 0 bridgehead atoms. The number of aryl methyl sites for hydroxylation is 1. The highest BCUT2D eigenvalue weighted by Gasteiger charge is 2.26. The van der Waals surface area contributed by atoms with Crippen LogP contribution in [0.3, 0.4) is 0 Å². The maximum absolute atomic E-state index is 12.2. The van der Waals surface area contributed by atoms with E-state index in [2.05, 4.69) is 5.10 Å². The second-order valence-electron chi connectivity index (χ2n) is 5.86. The first-order valence-corrected chi connectivity index (χ1v) is 9.59. The summed E-state index contributed by atoms with van der Waals surface area (Å²) in [7, 11) is 2.70. The van der Waals surface area contributed by atoms with Crippen LogP contribution in [0.2, 0.25) is 5.02 Å². The number of thioether (sulfide) groups is 1. The molecule has 0 fully saturated rings. The third kappa shape index (κ3) is 3.73. The number of carbonyl (C=O) groups is 2. The summed E-state index contributed by atoms with van der Waals surface area (Å²) in [6.07, 6.45) is 2.93. The zero-order valence-electron chi connectivity index (χ0n) is 14.6. The van der Waals surface area contributed by atoms with Crippen molar-refractivity contribution in [3.63, 3.8) is 0 Å². The van der Waals surface area contributed by atoms with Gasteiger partial charge >= 0.3 is 11.9 Å². The molecule has 26 heavy (non-hydrogen) atoms. The van der Waals surface area contributed by atoms with Crippen molar-refractivity contribution in [1.82, 2.24) is 9.78 Å². The molecule has 2 aromatic rings. The van der Waals surface area contributed by atoms with E-state index in [1.807, 2.05) is 10.7 Å². The van der Waals surface area contributed by atoms with Crippen LogP contribution in [0.15, 0.2) is 23.1 Å². The number of ether oxygens (including phenoxy) is 2. The molecule has 0 radical (unpaired) electrons. The minimum absolute atomic E-state index is 0.316. The van der Waals surface area contributed by atoms with E-state index in [-0.39, 0.29) is 5.97 Å². The summed E-state index contributed by atoms with van der Waals surface area (Å²) < 4.78 is 11.6. The van der Waals surface area contributed by atoms with Gasteiger partial charge in [0.05, 0.1) is 36.2 Å². The molecule has 1 aliphatic heterocycles. The monoisotopic (exact) mass is 394 g/mol. The normalized spacial score (nSPS) is 13.2. The van der Waals surface area contributed by atoms with Crippen LogP contribution in [-0.2, 0) is 28.2 Å². The van der Waals surface area contributed by atoms with Gasteiger partial charge in [0, 0.05) is 17.2 Å². The quantitative estimate of drug-likeness (QED) is 0.568. The molecular formula is C18H19ClN2O4S. The summed E-state index contributed by atoms with van der Waals surface area (Å²) in [5, 5.41) is 4.94. The number of fused-ring (bicyclic) bond motifs is 1. The van der Waals surface area contributed by atoms with Crippen molar-refractivity contribution < 1.29 is 19.1 Å². The Hall–Kier alpha value is -1.99. The molecule has 0 amide bonds. The van der Waals surface area contributed by atoms with E-state index in [4.69, 9.17) is 21.1 Å². The van der Waals surface area contributed by atoms with E-state index in [1.54, 1.807) is 12.1 Å². The fourth-order valence-corrected chi connectivity index (χ4v) is 4.06. The molecule has 0 saturated heterocycles. The van der Waals surface area contributed by atoms with Crippen LogP contribution >= 0.6 is 23.4 Å². The molecule has 6 nitrogen and oxygen atoms in total. The van der Waals surface area contributed by atoms with Crippen LogP contribution < -0.4 is 0 Å². The SMILES string of the molecule is COC(=O)c1cc(SCc2nn3c(c2C(=O)OC)CCCC3)ccc1Cl. The average molecular weight is 395 g/mol. The number of halogens is 1. The van der Waals surface area contributed by atoms with Gasteiger partial charge in [0.25, 0.3) is 0 Å². The number of methoxy groups -OCH3 is 2. The van der Waals surface area contributed by atoms with Crippen molar-refractivity contribution in [3.8, 4) is 0 Å². The number of rotatable bonds is 5. The van der Waals surface area contributed by atoms with Gasteiger partial charge in [-0.3, -0.25) is 4.68 Å². The van der Waals surface area contributed by atoms with E-state index in [0.717, 1.165) is 36.4 Å². The minimum atomic E-state index is -0.481. The van der Waals surface area contributed by atoms with Crippen molar-refractivity contribution in [2.24, 2.45) is 0 Å². The van der Waals surface area contributed by atoms with Gasteiger partial charge in [0.2, 0.25) is 0 Å². The first kappa shape index (κ1) is 18.8. The van der Waals surface area contributed by atoms with Crippen molar-refractivity contribution >= 4 is 35.3 Å². The number of esters is 2. The molecule has 0 spiro atoms. The summed E-state index contributed by atoms with van der Waals surface area (Å²) in [6, 6.07) is 5.18. The molecule has 1 aliphatic rings. The standard InChI is InChI=1S/C18H19ClN2O4S/c1-24-17(22)12-9-11(6-7-13(12)19)26-10-14-16(18(23)25-2)15-5-3-4-8-21(15)20-14/h6-7,9H,3-5,8,10H2,1-2H3. The van der Waals surface area contributed by atoms with Gasteiger partial charge in [-0.15, -0.1) is 11.8 Å². The van der Waals surface area contributed by atoms with E-state index < -0.39 is 5.97 Å². The van der Waals surface area contributed by atoms with Crippen LogP contribution in [0, 0.1) is 0 Å². The van der Waals surface area contributed by atoms with Crippen molar-refractivity contribution in [3.05, 3.63) is 45.7 Å². The lowest BCUT2D eigenvalue weighted by molar-refractivity contribution is 0.0590. The number of nitrogens with zero attached hydrogens (tertiary/aromatic N) is 2. The van der Waals surface area contributed by atoms with Crippen molar-refractivity contribution in [2.45, 2.75) is 36.5 Å². The Balaban J connectivity index is 1.85. The fraction of sp³-hybridized carbons (Fsp3) is 0.389. The zero-order chi connectivity index (χ0) is 18.7. The third-order valence-electron chi connectivity index (χ3n) is 4.27. The van der Waals surface area contributed by atoms with E-state index in [9.17, 15) is 9.59 Å². The van der Waals surface area contributed by atoms with Gasteiger partial charge in [0.1, 0.15) is 5.56 Å². The second kappa shape index (κ2) is 8.14. The van der Waals surface area contributed by atoms with E-state index in [1.165, 1.54) is 26.0 Å². The molecule has 0 aliphatic carbocycles. The van der Waals surface area contributed by atoms with Gasteiger partial charge in [-0.2, -0.15) is 5.10 Å². The van der Waals surface area contributed by atoms with Crippen molar-refractivity contribution in [2.75, 3.05) is 14.2 Å². The van der Waals surface area contributed by atoms with E-state index >= 15 is 0 Å². The molecule has 3 rings (SSSR count). The Bertz CT molecular complexity index is 850. The minimum Gasteiger partial charge on any atom is -0.465 e. The first-order chi connectivity index (χ1) is 12.5. The maximum atomic E-state index is 12.2. The fourth-order valence-electron chi connectivity index (χ4n) is 3.00. The summed E-state index contributed by atoms with van der Waals surface area (Å²) >= 11 is 7.53. The lowest BCUT2D eigenvalue weighted by Crippen LogP contribution is -2.14. The highest BCUT2D eigenvalue weighted by molar-refractivity contribution is 7.98. The Morgan fingerprint density at radius 3 is 2.73 bits per heavy atom. The topological polar surface area (TPSA) is 70.4 Å². The molecule has 2 heterocycles. The molecule has 8 heteroatoms. The molecule has 1 aromatic carbocycles. The predicted molar refractivity (Wildman–Crippen MR) is 98.9 cm³/mol. The predicted octanol–water partition coefficient (Wildman–Crippen LogP) is 3.74. The van der Waals surface area contributed by atoms with Crippen LogP contribution in [-0.4, -0.2) is 35.9 Å². The highest BCUT2D eigenvalue weighted by atomic mass is 35.5. The number of hydrogen-bond acceptors (Lipinski definition) is 6. The molecule has 0 saturated carbocycles. The van der Waals surface area contributed by atoms with Gasteiger partial charge in [-0.05, 0) is 37.5 Å². The largest absolute Gasteiger partial charge is 0.465 e. The number of benzene rings is 1. The van der Waals surface area contributed by atoms with Gasteiger partial charge < -0.3 is 9.47 Å². The Kier molecular flexibility index (Phi) is 5.88. The average Bonchev–Trinajstić information content (AvgIpc) is 3.04. The third-order valence-corrected chi connectivity index (χ3v) is 5.61. The number of hydrogen-bond donors (Lipinski definition) is 0. The summed E-state index contributed by atoms with van der Waals surface area (Å²) in [4.78, 5) is 24.9. The van der Waals surface area contributed by atoms with Crippen LogP contribution in [0.1, 0.15) is 44.9 Å².